The zero-order chi connectivity index (χ0) is 83.7. The van der Waals surface area contributed by atoms with Crippen LogP contribution in [0.1, 0.15) is 56.6 Å². The summed E-state index contributed by atoms with van der Waals surface area (Å²) >= 11 is 14.4. The molecule has 0 radical (unpaired) electrons. The molecule has 50 nitrogen and oxygen atoms in total. The second-order valence-corrected chi connectivity index (χ2v) is 35.0. The second kappa shape index (κ2) is 36.6. The van der Waals surface area contributed by atoms with Gasteiger partial charge in [0.1, 0.15) is 121 Å². The molecule has 117 heavy (non-hydrogen) atoms. The van der Waals surface area contributed by atoms with E-state index in [0.29, 0.717) is 39.2 Å². The molecule has 636 valence electrons. The highest BCUT2D eigenvalue weighted by Gasteiger charge is 2.53. The lowest BCUT2D eigenvalue weighted by Gasteiger charge is -2.27. The number of anilines is 3. The van der Waals surface area contributed by atoms with Gasteiger partial charge in [0, 0.05) is 83.6 Å². The van der Waals surface area contributed by atoms with E-state index in [4.69, 9.17) is 111 Å². The van der Waals surface area contributed by atoms with Gasteiger partial charge in [-0.1, -0.05) is 12.2 Å². The number of nitrogens with two attached hydrogens (primary N) is 3. The SMILES string of the molecule is COC1[C@@H](OP(=O)(S)OC[C@H]2O[C@@H](n3cnc4c(N)ncnc43)C[C@H]2O)[C@@H](CO)O[C@H]1n1ccc(=O)[nH]c1=O.COC1[C@@H](OP(O)(=S)OC[C@H]2O[C@@H](n3cnc4c(N)ccnc43)C[C@H]2O)[C@@H](CO)O[C@H]1n1ccc(=O)[nH]c1=O.COC1[C@@H](OP(O)(=S)OC[C@H]2O[C@@H](n3cnc4c(N)ncnc43)C[C@H]2O)[C@@H](CO)O[C@H]1n1ccc(=O)[nH]c1=O. The lowest BCUT2D eigenvalue weighted by atomic mass is 10.1. The number of H-pyrrole nitrogens is 3. The number of nitrogen functional groups attached to an aromatic ring is 3. The van der Waals surface area contributed by atoms with E-state index in [2.05, 4.69) is 67.1 Å². The Labute approximate surface area is 670 Å². The summed E-state index contributed by atoms with van der Waals surface area (Å²) in [6.45, 7) is -14.9. The van der Waals surface area contributed by atoms with E-state index in [1.165, 1.54) is 71.6 Å². The molecule has 56 heteroatoms. The van der Waals surface area contributed by atoms with Crippen molar-refractivity contribution >= 4 is 107 Å². The van der Waals surface area contributed by atoms with Crippen molar-refractivity contribution in [1.29, 1.82) is 0 Å². The van der Waals surface area contributed by atoms with Gasteiger partial charge in [0.15, 0.2) is 47.3 Å². The summed E-state index contributed by atoms with van der Waals surface area (Å²) < 4.78 is 106. The van der Waals surface area contributed by atoms with Crippen LogP contribution >= 0.6 is 32.5 Å². The normalized spacial score (nSPS) is 30.6. The highest BCUT2D eigenvalue weighted by atomic mass is 32.7. The first-order chi connectivity index (χ1) is 55.8. The van der Waals surface area contributed by atoms with Crippen molar-refractivity contribution in [3.8, 4) is 0 Å². The molecule has 0 amide bonds. The Morgan fingerprint density at radius 1 is 0.462 bits per heavy atom. The number of ether oxygens (including phenoxy) is 9. The highest BCUT2D eigenvalue weighted by molar-refractivity contribution is 8.44. The average molecular weight is 1760 g/mol. The Morgan fingerprint density at radius 2 is 0.795 bits per heavy atom. The monoisotopic (exact) mass is 1760 g/mol. The number of aliphatic hydroxyl groups is 6. The number of thiol groups is 1. The molecule has 6 fully saturated rings. The maximum Gasteiger partial charge on any atom is 0.386 e. The number of rotatable bonds is 27. The number of nitrogens with one attached hydrogen (secondary N) is 3. The third-order valence-electron chi connectivity index (χ3n) is 19.4. The predicted octanol–water partition coefficient (Wildman–Crippen LogP) is -4.18. The predicted molar refractivity (Wildman–Crippen MR) is 406 cm³/mol. The zero-order valence-electron chi connectivity index (χ0n) is 61.2. The average Bonchev–Trinajstić information content (AvgIpc) is 1.69. The van der Waals surface area contributed by atoms with Crippen LogP contribution in [0.5, 0.6) is 0 Å². The van der Waals surface area contributed by atoms with Crippen molar-refractivity contribution in [1.82, 2.24) is 82.2 Å². The Bertz CT molecular complexity index is 5020. The van der Waals surface area contributed by atoms with Gasteiger partial charge in [-0.3, -0.25) is 74.8 Å². The lowest BCUT2D eigenvalue weighted by Crippen LogP contribution is -2.40. The Balaban J connectivity index is 0.000000152. The van der Waals surface area contributed by atoms with E-state index in [9.17, 15) is 73.8 Å². The number of hydrogen-bond acceptors (Lipinski definition) is 41. The van der Waals surface area contributed by atoms with Crippen molar-refractivity contribution in [2.24, 2.45) is 0 Å². The molecule has 6 saturated heterocycles. The standard InChI is InChI=1S/C21H27N6O10PS.2C20H26N7O10PS/c1-33-18-17(12(7-28)36-20(18)26-5-3-14(30)25-21(26)31)37-38(32,39)34-8-13-11(29)6-15(35-13)27-9-24-16-10(22)2-4-23-19(16)27;2*1-33-16-15(10(5-28)36-19(16)26-3-2-12(30)25-20(26)31)37-38(32,39)34-6-11-9(29)4-13(35-11)27-8-24-14-17(21)22-7-23-18(14)27/h2-5,9,11-13,15,17-18,20,28-29H,6-8H2,1H3,(H2,22,23)(H,32,39)(H,25,30,31);2*2-3,7-11,13,15-16,19,28-29H,4-6H2,1H3,(H,32,39)(H2,21,22,23)(H,25,30,31)/t11-,12-,13-,15-,17+,18?,20-,38?;2*9-,10-,11-,13-,15+,16?,19-,38?/m111/s1. The van der Waals surface area contributed by atoms with Crippen LogP contribution in [0.4, 0.5) is 17.3 Å². The number of aromatic amines is 3. The Kier molecular flexibility index (Phi) is 27.2. The van der Waals surface area contributed by atoms with Gasteiger partial charge in [0.25, 0.3) is 16.7 Å². The Hall–Kier alpha value is -7.88. The van der Waals surface area contributed by atoms with Gasteiger partial charge >= 0.3 is 37.3 Å². The topological polar surface area (TPSA) is 678 Å². The fourth-order valence-corrected chi connectivity index (χ4v) is 18.1. The van der Waals surface area contributed by atoms with Crippen molar-refractivity contribution in [3.05, 3.63) is 143 Å². The number of pyridine rings is 1. The first-order valence-corrected chi connectivity index (χ1v) is 42.9. The molecule has 9 aromatic rings. The fourth-order valence-electron chi connectivity index (χ4n) is 13.7. The molecule has 6 aliphatic heterocycles. The third kappa shape index (κ3) is 19.0. The van der Waals surface area contributed by atoms with Crippen LogP contribution in [0.3, 0.4) is 0 Å². The number of hydrogen-bond donors (Lipinski definition) is 15. The minimum Gasteiger partial charge on any atom is -0.397 e. The van der Waals surface area contributed by atoms with Gasteiger partial charge in [0.05, 0.1) is 82.6 Å². The van der Waals surface area contributed by atoms with Crippen molar-refractivity contribution in [3.63, 3.8) is 0 Å². The molecule has 6 unspecified atom stereocenters. The van der Waals surface area contributed by atoms with Crippen LogP contribution in [0, 0.1) is 0 Å². The van der Waals surface area contributed by atoms with Crippen LogP contribution in [0.25, 0.3) is 33.5 Å². The minimum atomic E-state index is -4.15. The van der Waals surface area contributed by atoms with E-state index in [1.54, 1.807) is 26.0 Å². The molecule has 17 N–H and O–H groups in total. The van der Waals surface area contributed by atoms with Gasteiger partial charge in [-0.25, -0.2) is 58.8 Å². The largest absolute Gasteiger partial charge is 0.397 e. The number of aromatic nitrogens is 17. The molecule has 9 aromatic heterocycles. The first-order valence-electron chi connectivity index (χ1n) is 35.1. The van der Waals surface area contributed by atoms with Crippen LogP contribution in [0.15, 0.2) is 109 Å². The molecular weight excluding hydrogens is 1680 g/mol. The summed E-state index contributed by atoms with van der Waals surface area (Å²) in [5.41, 5.74) is 16.5. The molecule has 24 atom stereocenters. The molecule has 0 bridgehead atoms. The van der Waals surface area contributed by atoms with Gasteiger partial charge < -0.3 is 109 Å². The molecule has 0 spiro atoms. The maximum absolute atomic E-state index is 13.2. The zero-order valence-corrected chi connectivity index (χ0v) is 66.4. The minimum absolute atomic E-state index is 0.158. The van der Waals surface area contributed by atoms with Gasteiger partial charge in [-0.2, -0.15) is 0 Å². The summed E-state index contributed by atoms with van der Waals surface area (Å²) in [7, 11) is 3.94. The smallest absolute Gasteiger partial charge is 0.386 e. The molecule has 6 aliphatic rings. The van der Waals surface area contributed by atoms with E-state index in [-0.39, 0.29) is 50.7 Å². The van der Waals surface area contributed by atoms with Gasteiger partial charge in [0.2, 0.25) is 0 Å². The lowest BCUT2D eigenvalue weighted by molar-refractivity contribution is -0.0625. The number of methoxy groups -OCH3 is 3. The van der Waals surface area contributed by atoms with E-state index in [1.807, 2.05) is 0 Å². The molecule has 0 aliphatic carbocycles. The van der Waals surface area contributed by atoms with Crippen molar-refractivity contribution in [2.75, 3.05) is 78.2 Å². The molecule has 0 saturated carbocycles. The van der Waals surface area contributed by atoms with E-state index < -0.39 is 203 Å². The Morgan fingerprint density at radius 3 is 1.14 bits per heavy atom. The number of nitrogens with zero attached hydrogens (tertiary/aromatic N) is 14. The van der Waals surface area contributed by atoms with Crippen molar-refractivity contribution in [2.45, 2.75) is 148 Å². The highest BCUT2D eigenvalue weighted by Crippen LogP contribution is 2.57. The summed E-state index contributed by atoms with van der Waals surface area (Å²) in [5, 5.41) is 61.2. The van der Waals surface area contributed by atoms with Gasteiger partial charge in [-0.15, -0.1) is 0 Å². The van der Waals surface area contributed by atoms with Gasteiger partial charge in [-0.05, 0) is 29.7 Å². The number of fused-ring (bicyclic) bond motifs is 3. The molecule has 15 rings (SSSR count). The van der Waals surface area contributed by atoms with E-state index in [0.717, 1.165) is 31.9 Å². The summed E-state index contributed by atoms with van der Waals surface area (Å²) in [4.78, 5) is 132. The second-order valence-electron chi connectivity index (χ2n) is 26.6. The molecule has 0 aromatic carbocycles. The van der Waals surface area contributed by atoms with Crippen LogP contribution in [-0.2, 0) is 98.0 Å². The van der Waals surface area contributed by atoms with Crippen LogP contribution < -0.4 is 50.9 Å². The molecule has 15 heterocycles. The summed E-state index contributed by atoms with van der Waals surface area (Å²) in [6, 6.07) is 4.98. The summed E-state index contributed by atoms with van der Waals surface area (Å²) in [6.07, 6.45) is -7.94. The third-order valence-corrected chi connectivity index (χ3v) is 24.1. The molecular formula is C61H79N20O30P3S3. The van der Waals surface area contributed by atoms with Crippen LogP contribution in [-0.4, -0.2) is 275 Å². The summed E-state index contributed by atoms with van der Waals surface area (Å²) in [5.74, 6) is 0.402. The number of aliphatic hydroxyl groups excluding tert-OH is 6. The fraction of sp³-hybridized carbons (Fsp3) is 0.541. The number of imidazole rings is 3. The van der Waals surface area contributed by atoms with Crippen molar-refractivity contribution < 1.29 is 115 Å². The van der Waals surface area contributed by atoms with Crippen LogP contribution in [0.2, 0.25) is 0 Å². The maximum atomic E-state index is 13.2. The van der Waals surface area contributed by atoms with E-state index >= 15 is 0 Å². The first kappa shape index (κ1) is 87.0. The quantitative estimate of drug-likeness (QED) is 0.0172.